The number of amides is 1. The van der Waals surface area contributed by atoms with Crippen LogP contribution in [0.5, 0.6) is 0 Å². The van der Waals surface area contributed by atoms with Crippen molar-refractivity contribution in [3.05, 3.63) is 28.0 Å². The van der Waals surface area contributed by atoms with Gasteiger partial charge >= 0.3 is 5.30 Å². The molecule has 1 N–H and O–H groups in total. The molecular weight excluding hydrogens is 564 g/mol. The first-order chi connectivity index (χ1) is 17.6. The predicted molar refractivity (Wildman–Crippen MR) is 145 cm³/mol. The van der Waals surface area contributed by atoms with Crippen molar-refractivity contribution in [1.29, 1.82) is 0 Å². The summed E-state index contributed by atoms with van der Waals surface area (Å²) in [5, 5.41) is 8.91. The molecule has 4 rings (SSSR count). The maximum Gasteiger partial charge on any atom is 0.365 e. The molecule has 1 amide bonds. The van der Waals surface area contributed by atoms with Crippen LogP contribution in [0.2, 0.25) is 0 Å². The summed E-state index contributed by atoms with van der Waals surface area (Å²) in [6.45, 7) is 0.978. The summed E-state index contributed by atoms with van der Waals surface area (Å²) >= 11 is 4.37. The van der Waals surface area contributed by atoms with E-state index in [2.05, 4.69) is 32.8 Å². The molecule has 2 fully saturated rings. The molecule has 0 radical (unpaired) electrons. The molecule has 3 heterocycles. The molecule has 2 aromatic rings. The van der Waals surface area contributed by atoms with Crippen LogP contribution < -0.4 is 0 Å². The van der Waals surface area contributed by atoms with Crippen LogP contribution in [-0.2, 0) is 13.5 Å². The summed E-state index contributed by atoms with van der Waals surface area (Å²) in [6, 6.07) is 1.93. The van der Waals surface area contributed by atoms with Crippen LogP contribution in [-0.4, -0.2) is 55.0 Å². The predicted octanol–water partition coefficient (Wildman–Crippen LogP) is 6.89. The van der Waals surface area contributed by atoms with Gasteiger partial charge in [0.15, 0.2) is 0 Å². The molecule has 1 aliphatic carbocycles. The van der Waals surface area contributed by atoms with Gasteiger partial charge in [-0.25, -0.2) is 18.6 Å². The number of rotatable bonds is 9. The minimum absolute atomic E-state index is 0.0585. The largest absolute Gasteiger partial charge is 0.473 e. The smallest absolute Gasteiger partial charge is 0.365 e. The minimum Gasteiger partial charge on any atom is -0.473 e. The lowest BCUT2D eigenvalue weighted by molar-refractivity contribution is -0.0937. The molecule has 1 unspecified atom stereocenters. The van der Waals surface area contributed by atoms with Crippen molar-refractivity contribution in [2.75, 3.05) is 13.1 Å². The fourth-order valence-corrected chi connectivity index (χ4v) is 6.29. The summed E-state index contributed by atoms with van der Waals surface area (Å²) in [6.07, 6.45) is 8.75. The molecule has 1 atom stereocenters. The van der Waals surface area contributed by atoms with E-state index < -0.39 is 11.2 Å². The molecule has 1 saturated heterocycles. The Hall–Kier alpha value is -2.12. The van der Waals surface area contributed by atoms with Gasteiger partial charge in [-0.15, -0.1) is 5.92 Å². The van der Waals surface area contributed by atoms with Gasteiger partial charge in [-0.1, -0.05) is 25.2 Å². The minimum atomic E-state index is -2.50. The molecule has 0 spiro atoms. The Balaban J connectivity index is 1.32. The lowest BCUT2D eigenvalue weighted by atomic mass is 9.82. The second kappa shape index (κ2) is 12.2. The van der Waals surface area contributed by atoms with Crippen molar-refractivity contribution in [1.82, 2.24) is 14.5 Å². The number of fused-ring (bicyclic) bond motifs is 1. The molecule has 2 aliphatic rings. The number of hydrogen-bond donors (Lipinski definition) is 1. The summed E-state index contributed by atoms with van der Waals surface area (Å²) in [7, 11) is 1.94. The Morgan fingerprint density at radius 1 is 1.24 bits per heavy atom. The summed E-state index contributed by atoms with van der Waals surface area (Å²) in [4.78, 5) is 31.1. The number of carboxylic acid groups (broad SMARTS) is 1. The van der Waals surface area contributed by atoms with Crippen LogP contribution in [0.25, 0.3) is 11.0 Å². The Bertz CT molecular complexity index is 1210. The molecule has 0 bridgehead atoms. The van der Waals surface area contributed by atoms with Gasteiger partial charge in [0, 0.05) is 72.3 Å². The highest BCUT2D eigenvalue weighted by atomic mass is 79.9. The van der Waals surface area contributed by atoms with E-state index in [0.29, 0.717) is 25.1 Å². The van der Waals surface area contributed by atoms with Crippen LogP contribution in [0.15, 0.2) is 16.7 Å². The van der Waals surface area contributed by atoms with Crippen LogP contribution in [0.1, 0.15) is 73.8 Å². The molecular formula is C27H32BrF2N3O3S. The topological polar surface area (TPSA) is 75.4 Å². The van der Waals surface area contributed by atoms with Crippen molar-refractivity contribution in [3.63, 3.8) is 0 Å². The third-order valence-corrected chi connectivity index (χ3v) is 8.49. The number of aryl methyl sites for hydroxylation is 1. The SMILES string of the molecule is Cn1c(CCCCCCCC#CC2CC(F)(F)C2)c(C(=O)N2CCC(SC(=O)O)C2)c2cc(Br)cnc21. The first-order valence-corrected chi connectivity index (χ1v) is 14.5. The van der Waals surface area contributed by atoms with E-state index in [1.54, 1.807) is 11.1 Å². The summed E-state index contributed by atoms with van der Waals surface area (Å²) < 4.78 is 28.5. The van der Waals surface area contributed by atoms with E-state index >= 15 is 0 Å². The van der Waals surface area contributed by atoms with Gasteiger partial charge < -0.3 is 14.6 Å². The summed E-state index contributed by atoms with van der Waals surface area (Å²) in [5.41, 5.74) is 2.40. The monoisotopic (exact) mass is 595 g/mol. The first-order valence-electron chi connectivity index (χ1n) is 12.8. The van der Waals surface area contributed by atoms with Crippen molar-refractivity contribution in [2.45, 2.75) is 75.4 Å². The molecule has 1 saturated carbocycles. The second-order valence-electron chi connectivity index (χ2n) is 10.0. The van der Waals surface area contributed by atoms with E-state index in [9.17, 15) is 18.4 Å². The molecule has 1 aliphatic heterocycles. The number of pyridine rings is 1. The highest BCUT2D eigenvalue weighted by Gasteiger charge is 2.44. The normalized spacial score (nSPS) is 19.0. The number of thioether (sulfide) groups is 1. The first kappa shape index (κ1) is 27.9. The fraction of sp³-hybridized carbons (Fsp3) is 0.593. The molecule has 0 aromatic carbocycles. The second-order valence-corrected chi connectivity index (χ2v) is 12.2. The van der Waals surface area contributed by atoms with Gasteiger partial charge in [0.25, 0.3) is 11.8 Å². The maximum atomic E-state index is 13.6. The van der Waals surface area contributed by atoms with Gasteiger partial charge in [-0.05, 0) is 59.4 Å². The number of halogens is 3. The number of hydrogen-bond acceptors (Lipinski definition) is 4. The third-order valence-electron chi connectivity index (χ3n) is 7.14. The Morgan fingerprint density at radius 3 is 2.70 bits per heavy atom. The number of unbranched alkanes of at least 4 members (excludes halogenated alkanes) is 5. The molecule has 37 heavy (non-hydrogen) atoms. The summed E-state index contributed by atoms with van der Waals surface area (Å²) in [5.74, 6) is 3.32. The lowest BCUT2D eigenvalue weighted by Crippen LogP contribution is -2.34. The van der Waals surface area contributed by atoms with E-state index in [1.807, 2.05) is 17.7 Å². The van der Waals surface area contributed by atoms with Gasteiger partial charge in [0.1, 0.15) is 5.65 Å². The van der Waals surface area contributed by atoms with E-state index in [1.165, 1.54) is 0 Å². The van der Waals surface area contributed by atoms with Crippen molar-refractivity contribution in [3.8, 4) is 11.8 Å². The zero-order valence-corrected chi connectivity index (χ0v) is 23.3. The Labute approximate surface area is 228 Å². The van der Waals surface area contributed by atoms with Crippen LogP contribution in [0.4, 0.5) is 13.6 Å². The van der Waals surface area contributed by atoms with Gasteiger partial charge in [-0.2, -0.15) is 0 Å². The quantitative estimate of drug-likeness (QED) is 0.252. The average molecular weight is 597 g/mol. The molecule has 2 aromatic heterocycles. The van der Waals surface area contributed by atoms with Crippen molar-refractivity contribution >= 4 is 49.9 Å². The highest BCUT2D eigenvalue weighted by molar-refractivity contribution is 9.10. The lowest BCUT2D eigenvalue weighted by Gasteiger charge is -2.31. The number of carbonyl (C=O) groups is 2. The average Bonchev–Trinajstić information content (AvgIpc) is 3.38. The Morgan fingerprint density at radius 2 is 1.97 bits per heavy atom. The highest BCUT2D eigenvalue weighted by Crippen LogP contribution is 2.41. The number of nitrogens with zero attached hydrogens (tertiary/aromatic N) is 3. The standard InChI is InChI=1S/C27H32BrF2N3O3S/c1-32-22(10-8-6-4-2-3-5-7-9-18-14-27(29,30)15-18)23(21-13-19(28)16-31-24(21)32)25(34)33-12-11-20(17-33)37-26(35)36/h13,16,18,20H,2-6,8,10-12,14-15,17H2,1H3,(H,35,36). The number of likely N-dealkylation sites (tertiary alicyclic amines) is 1. The van der Waals surface area contributed by atoms with E-state index in [0.717, 1.165) is 77.9 Å². The molecule has 10 heteroatoms. The zero-order chi connectivity index (χ0) is 26.6. The molecule has 200 valence electrons. The maximum absolute atomic E-state index is 13.6. The zero-order valence-electron chi connectivity index (χ0n) is 20.9. The van der Waals surface area contributed by atoms with E-state index in [4.69, 9.17) is 5.11 Å². The fourth-order valence-electron chi connectivity index (χ4n) is 5.19. The van der Waals surface area contributed by atoms with Crippen molar-refractivity contribution in [2.24, 2.45) is 13.0 Å². The van der Waals surface area contributed by atoms with Crippen LogP contribution >= 0.6 is 27.7 Å². The number of carbonyl (C=O) groups excluding carboxylic acids is 1. The molecule has 6 nitrogen and oxygen atoms in total. The van der Waals surface area contributed by atoms with Crippen LogP contribution in [0, 0.1) is 17.8 Å². The van der Waals surface area contributed by atoms with Gasteiger partial charge in [0.05, 0.1) is 5.56 Å². The van der Waals surface area contributed by atoms with Crippen LogP contribution in [0.3, 0.4) is 0 Å². The number of aromatic nitrogens is 2. The van der Waals surface area contributed by atoms with Crippen molar-refractivity contribution < 1.29 is 23.5 Å². The number of alkyl halides is 2. The third kappa shape index (κ3) is 7.05. The van der Waals surface area contributed by atoms with Gasteiger partial charge in [0.2, 0.25) is 0 Å². The Kier molecular flexibility index (Phi) is 9.17. The van der Waals surface area contributed by atoms with E-state index in [-0.39, 0.29) is 29.9 Å². The van der Waals surface area contributed by atoms with Gasteiger partial charge in [-0.3, -0.25) is 4.79 Å².